The van der Waals surface area contributed by atoms with Crippen LogP contribution in [0.1, 0.15) is 25.7 Å². The van der Waals surface area contributed by atoms with E-state index in [9.17, 15) is 4.79 Å². The van der Waals surface area contributed by atoms with Gasteiger partial charge in [-0.15, -0.1) is 0 Å². The molecule has 2 fully saturated rings. The summed E-state index contributed by atoms with van der Waals surface area (Å²) in [6.07, 6.45) is 4.56. The second kappa shape index (κ2) is 6.50. The van der Waals surface area contributed by atoms with Gasteiger partial charge in [-0.05, 0) is 56.2 Å². The molecule has 4 heteroatoms. The molecule has 1 amide bonds. The molecule has 0 spiro atoms. The molecule has 0 aliphatic carbocycles. The van der Waals surface area contributed by atoms with E-state index in [0.717, 1.165) is 38.4 Å². The summed E-state index contributed by atoms with van der Waals surface area (Å²) in [7, 11) is 0. The van der Waals surface area contributed by atoms with Crippen LogP contribution in [0.25, 0.3) is 0 Å². The summed E-state index contributed by atoms with van der Waals surface area (Å²) in [4.78, 5) is 11.9. The predicted molar refractivity (Wildman–Crippen MR) is 68.7 cm³/mol. The Morgan fingerprint density at radius 2 is 1.88 bits per heavy atom. The first-order chi connectivity index (χ1) is 7.86. The van der Waals surface area contributed by atoms with Crippen molar-refractivity contribution in [1.29, 1.82) is 0 Å². The van der Waals surface area contributed by atoms with Crippen molar-refractivity contribution in [3.05, 3.63) is 0 Å². The van der Waals surface area contributed by atoms with Gasteiger partial charge < -0.3 is 10.6 Å². The van der Waals surface area contributed by atoms with Gasteiger partial charge in [0.05, 0.1) is 0 Å². The van der Waals surface area contributed by atoms with Gasteiger partial charge in [-0.2, -0.15) is 11.8 Å². The van der Waals surface area contributed by atoms with E-state index in [4.69, 9.17) is 0 Å². The molecule has 0 aromatic rings. The van der Waals surface area contributed by atoms with Crippen LogP contribution in [-0.2, 0) is 4.79 Å². The van der Waals surface area contributed by atoms with Gasteiger partial charge in [0.2, 0.25) is 5.91 Å². The molecule has 2 N–H and O–H groups in total. The number of carbonyl (C=O) groups is 1. The minimum Gasteiger partial charge on any atom is -0.356 e. The number of hydrogen-bond donors (Lipinski definition) is 2. The highest BCUT2D eigenvalue weighted by atomic mass is 32.2. The molecule has 2 aliphatic heterocycles. The van der Waals surface area contributed by atoms with E-state index >= 15 is 0 Å². The summed E-state index contributed by atoms with van der Waals surface area (Å²) in [5.41, 5.74) is 0. The van der Waals surface area contributed by atoms with Crippen LogP contribution in [0.3, 0.4) is 0 Å². The quantitative estimate of drug-likeness (QED) is 0.782. The monoisotopic (exact) mass is 242 g/mol. The molecule has 0 bridgehead atoms. The lowest BCUT2D eigenvalue weighted by Gasteiger charge is -2.25. The van der Waals surface area contributed by atoms with E-state index in [0.29, 0.717) is 5.91 Å². The van der Waals surface area contributed by atoms with Gasteiger partial charge >= 0.3 is 0 Å². The number of piperidine rings is 1. The summed E-state index contributed by atoms with van der Waals surface area (Å²) < 4.78 is 0. The molecule has 2 saturated heterocycles. The van der Waals surface area contributed by atoms with E-state index in [-0.39, 0.29) is 5.92 Å². The van der Waals surface area contributed by atoms with Crippen LogP contribution in [0.5, 0.6) is 0 Å². The van der Waals surface area contributed by atoms with Crippen molar-refractivity contribution in [2.45, 2.75) is 25.7 Å². The van der Waals surface area contributed by atoms with Gasteiger partial charge in [-0.3, -0.25) is 4.79 Å². The summed E-state index contributed by atoms with van der Waals surface area (Å²) >= 11 is 2.04. The first kappa shape index (κ1) is 12.2. The first-order valence-corrected chi connectivity index (χ1v) is 7.58. The van der Waals surface area contributed by atoms with Crippen LogP contribution in [-0.4, -0.2) is 37.0 Å². The average Bonchev–Trinajstić information content (AvgIpc) is 2.38. The van der Waals surface area contributed by atoms with Crippen molar-refractivity contribution in [2.75, 3.05) is 31.1 Å². The molecule has 3 nitrogen and oxygen atoms in total. The molecule has 0 saturated carbocycles. The summed E-state index contributed by atoms with van der Waals surface area (Å²) in [6, 6.07) is 0. The molecule has 2 aliphatic rings. The molecule has 0 aromatic heterocycles. The maximum atomic E-state index is 11.9. The smallest absolute Gasteiger partial charge is 0.223 e. The van der Waals surface area contributed by atoms with Crippen LogP contribution in [0.4, 0.5) is 0 Å². The van der Waals surface area contributed by atoms with Crippen molar-refractivity contribution in [3.8, 4) is 0 Å². The number of hydrogen-bond acceptors (Lipinski definition) is 3. The maximum Gasteiger partial charge on any atom is 0.223 e. The normalized spacial score (nSPS) is 24.2. The Morgan fingerprint density at radius 1 is 1.19 bits per heavy atom. The van der Waals surface area contributed by atoms with Crippen LogP contribution in [0.2, 0.25) is 0 Å². The highest BCUT2D eigenvalue weighted by Gasteiger charge is 2.22. The summed E-state index contributed by atoms with van der Waals surface area (Å²) in [5.74, 6) is 3.83. The van der Waals surface area contributed by atoms with Crippen LogP contribution >= 0.6 is 11.8 Å². The van der Waals surface area contributed by atoms with Crippen molar-refractivity contribution in [3.63, 3.8) is 0 Å². The Balaban J connectivity index is 1.65. The highest BCUT2D eigenvalue weighted by molar-refractivity contribution is 7.99. The Bertz CT molecular complexity index is 223. The van der Waals surface area contributed by atoms with E-state index in [1.165, 1.54) is 24.3 Å². The second-order valence-electron chi connectivity index (χ2n) is 4.83. The third-order valence-electron chi connectivity index (χ3n) is 3.62. The molecule has 0 radical (unpaired) electrons. The van der Waals surface area contributed by atoms with E-state index in [1.54, 1.807) is 0 Å². The van der Waals surface area contributed by atoms with E-state index < -0.39 is 0 Å². The lowest BCUT2D eigenvalue weighted by Crippen LogP contribution is -2.40. The first-order valence-electron chi connectivity index (χ1n) is 6.42. The zero-order valence-corrected chi connectivity index (χ0v) is 10.7. The Hall–Kier alpha value is -0.220. The fraction of sp³-hybridized carbons (Fsp3) is 0.917. The fourth-order valence-electron chi connectivity index (χ4n) is 2.42. The number of nitrogens with one attached hydrogen (secondary N) is 2. The Morgan fingerprint density at radius 3 is 2.56 bits per heavy atom. The lowest BCUT2D eigenvalue weighted by atomic mass is 9.96. The number of thioether (sulfide) groups is 1. The zero-order valence-electron chi connectivity index (χ0n) is 9.84. The van der Waals surface area contributed by atoms with Crippen molar-refractivity contribution >= 4 is 17.7 Å². The molecule has 2 rings (SSSR count). The Kier molecular flexibility index (Phi) is 4.97. The zero-order chi connectivity index (χ0) is 11.2. The Labute approximate surface area is 102 Å². The third kappa shape index (κ3) is 3.67. The lowest BCUT2D eigenvalue weighted by molar-refractivity contribution is -0.125. The largest absolute Gasteiger partial charge is 0.356 e. The summed E-state index contributed by atoms with van der Waals surface area (Å²) in [6.45, 7) is 2.90. The molecule has 16 heavy (non-hydrogen) atoms. The van der Waals surface area contributed by atoms with Gasteiger partial charge in [-0.25, -0.2) is 0 Å². The van der Waals surface area contributed by atoms with Gasteiger partial charge in [0, 0.05) is 12.5 Å². The van der Waals surface area contributed by atoms with E-state index in [1.807, 2.05) is 11.8 Å². The minimum absolute atomic E-state index is 0.263. The molecule has 0 atom stereocenters. The number of amides is 1. The standard InChI is InChI=1S/C12H22N2OS/c15-12(11-1-5-13-6-2-11)14-9-10-3-7-16-8-4-10/h10-11,13H,1-9H2,(H,14,15). The highest BCUT2D eigenvalue weighted by Crippen LogP contribution is 2.22. The molecule has 2 heterocycles. The topological polar surface area (TPSA) is 41.1 Å². The number of rotatable bonds is 3. The summed E-state index contributed by atoms with van der Waals surface area (Å²) in [5, 5.41) is 6.44. The van der Waals surface area contributed by atoms with Crippen LogP contribution in [0.15, 0.2) is 0 Å². The van der Waals surface area contributed by atoms with Gasteiger partial charge in [0.15, 0.2) is 0 Å². The second-order valence-corrected chi connectivity index (χ2v) is 6.05. The number of carbonyl (C=O) groups excluding carboxylic acids is 1. The van der Waals surface area contributed by atoms with Crippen molar-refractivity contribution in [2.24, 2.45) is 11.8 Å². The van der Waals surface area contributed by atoms with Crippen LogP contribution in [0, 0.1) is 11.8 Å². The molecule has 92 valence electrons. The fourth-order valence-corrected chi connectivity index (χ4v) is 3.63. The molecular formula is C12H22N2OS. The maximum absolute atomic E-state index is 11.9. The average molecular weight is 242 g/mol. The van der Waals surface area contributed by atoms with Crippen molar-refractivity contribution < 1.29 is 4.79 Å². The molecule has 0 aromatic carbocycles. The SMILES string of the molecule is O=C(NCC1CCSCC1)C1CCNCC1. The van der Waals surface area contributed by atoms with Gasteiger partial charge in [0.1, 0.15) is 0 Å². The van der Waals surface area contributed by atoms with Crippen molar-refractivity contribution in [1.82, 2.24) is 10.6 Å². The van der Waals surface area contributed by atoms with E-state index in [2.05, 4.69) is 10.6 Å². The molecule has 0 unspecified atom stereocenters. The molecular weight excluding hydrogens is 220 g/mol. The minimum atomic E-state index is 0.263. The third-order valence-corrected chi connectivity index (χ3v) is 4.66. The van der Waals surface area contributed by atoms with Gasteiger partial charge in [0.25, 0.3) is 0 Å². The van der Waals surface area contributed by atoms with Gasteiger partial charge in [-0.1, -0.05) is 0 Å². The van der Waals surface area contributed by atoms with Crippen LogP contribution < -0.4 is 10.6 Å². The predicted octanol–water partition coefficient (Wildman–Crippen LogP) is 1.25.